The van der Waals surface area contributed by atoms with Crippen LogP contribution in [0.1, 0.15) is 19.8 Å². The summed E-state index contributed by atoms with van der Waals surface area (Å²) in [5.74, 6) is -2.29. The van der Waals surface area contributed by atoms with Gasteiger partial charge in [-0.3, -0.25) is 0 Å². The van der Waals surface area contributed by atoms with Gasteiger partial charge in [0.05, 0.1) is 5.02 Å². The molecule has 0 amide bonds. The summed E-state index contributed by atoms with van der Waals surface area (Å²) in [5.41, 5.74) is 0. The standard InChI is InChI=1S/C12H15Cl2O6P.Li/c1-2-3-12(21(16,17)18)20-11(15)7-19-10-5-4-8(13)6-9(10)14;/h4-6,12H,2-3,7H2,1H3,(H2,16,17,18);/q;+1/p-1. The number of rotatable bonds is 7. The van der Waals surface area contributed by atoms with E-state index in [0.717, 1.165) is 0 Å². The van der Waals surface area contributed by atoms with Crippen LogP contribution in [0.3, 0.4) is 0 Å². The number of hydrogen-bond donors (Lipinski definition) is 1. The number of benzene rings is 1. The molecular formula is C12H14Cl2LiO6P. The molecule has 0 heterocycles. The minimum Gasteiger partial charge on any atom is -0.776 e. The molecule has 0 spiro atoms. The number of ether oxygens (including phenoxy) is 2. The second-order valence-electron chi connectivity index (χ2n) is 4.16. The molecule has 1 aromatic carbocycles. The molecule has 0 aromatic heterocycles. The predicted octanol–water partition coefficient (Wildman–Crippen LogP) is -0.409. The van der Waals surface area contributed by atoms with Gasteiger partial charge in [-0.25, -0.2) is 4.79 Å². The van der Waals surface area contributed by atoms with E-state index in [2.05, 4.69) is 4.74 Å². The molecule has 0 saturated carbocycles. The fourth-order valence-electron chi connectivity index (χ4n) is 1.45. The molecule has 10 heteroatoms. The molecule has 0 saturated heterocycles. The van der Waals surface area contributed by atoms with Gasteiger partial charge in [-0.05, 0) is 24.6 Å². The van der Waals surface area contributed by atoms with Gasteiger partial charge in [-0.15, -0.1) is 0 Å². The second-order valence-corrected chi connectivity index (χ2v) is 6.71. The van der Waals surface area contributed by atoms with Gasteiger partial charge in [0.2, 0.25) is 0 Å². The van der Waals surface area contributed by atoms with E-state index in [-0.39, 0.29) is 36.1 Å². The molecule has 0 aliphatic carbocycles. The Morgan fingerprint density at radius 3 is 2.59 bits per heavy atom. The zero-order valence-electron chi connectivity index (χ0n) is 12.1. The van der Waals surface area contributed by atoms with Crippen molar-refractivity contribution in [3.05, 3.63) is 28.2 Å². The van der Waals surface area contributed by atoms with E-state index in [4.69, 9.17) is 32.8 Å². The maximum absolute atomic E-state index is 11.5. The van der Waals surface area contributed by atoms with E-state index in [0.29, 0.717) is 11.4 Å². The summed E-state index contributed by atoms with van der Waals surface area (Å²) >= 11 is 11.6. The van der Waals surface area contributed by atoms with Gasteiger partial charge < -0.3 is 23.8 Å². The molecular weight excluding hydrogens is 349 g/mol. The van der Waals surface area contributed by atoms with Crippen molar-refractivity contribution in [2.45, 2.75) is 25.6 Å². The maximum atomic E-state index is 11.5. The Bertz CT molecular complexity index is 550. The SMILES string of the molecule is CCCC(OC(=O)COc1ccc(Cl)cc1Cl)P(=O)([O-])O.[Li+]. The minimum absolute atomic E-state index is 0. The maximum Gasteiger partial charge on any atom is 1.00 e. The summed E-state index contributed by atoms with van der Waals surface area (Å²) < 4.78 is 20.8. The molecule has 0 aliphatic rings. The van der Waals surface area contributed by atoms with Crippen LogP contribution in [-0.4, -0.2) is 23.3 Å². The Labute approximate surface area is 150 Å². The van der Waals surface area contributed by atoms with Crippen LogP contribution in [0, 0.1) is 0 Å². The number of carbonyl (C=O) groups excluding carboxylic acids is 1. The average molecular weight is 363 g/mol. The molecule has 2 atom stereocenters. The van der Waals surface area contributed by atoms with Crippen molar-refractivity contribution >= 4 is 36.8 Å². The first-order chi connectivity index (χ1) is 9.74. The number of carbonyl (C=O) groups is 1. The van der Waals surface area contributed by atoms with Crippen molar-refractivity contribution < 1.29 is 47.5 Å². The zero-order valence-corrected chi connectivity index (χ0v) is 14.5. The fourth-order valence-corrected chi connectivity index (χ4v) is 2.75. The van der Waals surface area contributed by atoms with Crippen molar-refractivity contribution in [3.63, 3.8) is 0 Å². The molecule has 0 bridgehead atoms. The molecule has 1 N–H and O–H groups in total. The van der Waals surface area contributed by atoms with Gasteiger partial charge in [0.1, 0.15) is 5.75 Å². The largest absolute Gasteiger partial charge is 1.00 e. The molecule has 118 valence electrons. The van der Waals surface area contributed by atoms with E-state index in [1.807, 2.05) is 0 Å². The van der Waals surface area contributed by atoms with Gasteiger partial charge >= 0.3 is 24.8 Å². The van der Waals surface area contributed by atoms with Gasteiger partial charge in [0.15, 0.2) is 20.0 Å². The Morgan fingerprint density at radius 2 is 2.09 bits per heavy atom. The van der Waals surface area contributed by atoms with Crippen molar-refractivity contribution in [3.8, 4) is 5.75 Å². The molecule has 0 fully saturated rings. The van der Waals surface area contributed by atoms with Crippen LogP contribution >= 0.6 is 30.8 Å². The first kappa shape index (κ1) is 21.8. The van der Waals surface area contributed by atoms with Crippen LogP contribution in [0.15, 0.2) is 18.2 Å². The minimum atomic E-state index is -4.75. The molecule has 1 rings (SSSR count). The van der Waals surface area contributed by atoms with E-state index in [1.165, 1.54) is 18.2 Å². The Morgan fingerprint density at radius 1 is 1.45 bits per heavy atom. The number of hydrogen-bond acceptors (Lipinski definition) is 5. The Balaban J connectivity index is 0.00000441. The summed E-state index contributed by atoms with van der Waals surface area (Å²) in [6.07, 6.45) is 0.430. The Hall–Kier alpha value is -0.183. The third-order valence-corrected chi connectivity index (χ3v) is 4.03. The van der Waals surface area contributed by atoms with Crippen molar-refractivity contribution in [1.82, 2.24) is 0 Å². The van der Waals surface area contributed by atoms with E-state index in [9.17, 15) is 14.3 Å². The summed E-state index contributed by atoms with van der Waals surface area (Å²) in [7, 11) is -4.75. The van der Waals surface area contributed by atoms with Crippen LogP contribution in [-0.2, 0) is 14.1 Å². The predicted molar refractivity (Wildman–Crippen MR) is 76.6 cm³/mol. The third-order valence-electron chi connectivity index (χ3n) is 2.41. The Kier molecular flexibility index (Phi) is 9.76. The summed E-state index contributed by atoms with van der Waals surface area (Å²) in [5, 5.41) is 0.613. The first-order valence-electron chi connectivity index (χ1n) is 6.05. The topological polar surface area (TPSA) is 95.9 Å². The summed E-state index contributed by atoms with van der Waals surface area (Å²) in [6, 6.07) is 4.42. The molecule has 6 nitrogen and oxygen atoms in total. The van der Waals surface area contributed by atoms with E-state index in [1.54, 1.807) is 6.92 Å². The van der Waals surface area contributed by atoms with Crippen LogP contribution in [0.2, 0.25) is 10.0 Å². The van der Waals surface area contributed by atoms with Crippen LogP contribution < -0.4 is 28.5 Å². The third kappa shape index (κ3) is 7.39. The van der Waals surface area contributed by atoms with Crippen molar-refractivity contribution in [2.75, 3.05) is 6.61 Å². The second kappa shape index (κ2) is 9.84. The van der Waals surface area contributed by atoms with E-state index < -0.39 is 26.0 Å². The van der Waals surface area contributed by atoms with Gasteiger partial charge in [-0.1, -0.05) is 36.5 Å². The van der Waals surface area contributed by atoms with Crippen LogP contribution in [0.25, 0.3) is 0 Å². The molecule has 22 heavy (non-hydrogen) atoms. The van der Waals surface area contributed by atoms with Crippen molar-refractivity contribution in [1.29, 1.82) is 0 Å². The van der Waals surface area contributed by atoms with Crippen LogP contribution in [0.5, 0.6) is 5.75 Å². The molecule has 2 unspecified atom stereocenters. The first-order valence-corrected chi connectivity index (χ1v) is 8.45. The number of esters is 1. The van der Waals surface area contributed by atoms with Gasteiger partial charge in [-0.2, -0.15) is 0 Å². The van der Waals surface area contributed by atoms with Crippen molar-refractivity contribution in [2.24, 2.45) is 0 Å². The monoisotopic (exact) mass is 362 g/mol. The normalized spacial score (nSPS) is 14.4. The van der Waals surface area contributed by atoms with Gasteiger partial charge in [0.25, 0.3) is 0 Å². The smallest absolute Gasteiger partial charge is 0.776 e. The van der Waals surface area contributed by atoms with Crippen LogP contribution in [0.4, 0.5) is 0 Å². The molecule has 1 aromatic rings. The molecule has 0 radical (unpaired) electrons. The van der Waals surface area contributed by atoms with Gasteiger partial charge in [0, 0.05) is 5.02 Å². The average Bonchev–Trinajstić information content (AvgIpc) is 2.36. The fraction of sp³-hybridized carbons (Fsp3) is 0.417. The zero-order chi connectivity index (χ0) is 16.0. The quantitative estimate of drug-likeness (QED) is 0.402. The number of halogens is 2. The summed E-state index contributed by atoms with van der Waals surface area (Å²) in [6.45, 7) is 1.15. The summed E-state index contributed by atoms with van der Waals surface area (Å²) in [4.78, 5) is 31.6. The van der Waals surface area contributed by atoms with E-state index >= 15 is 0 Å². The molecule has 0 aliphatic heterocycles.